The van der Waals surface area contributed by atoms with Gasteiger partial charge in [0.1, 0.15) is 0 Å². The molecule has 0 spiro atoms. The first kappa shape index (κ1) is 40.0. The van der Waals surface area contributed by atoms with Crippen molar-refractivity contribution < 1.29 is 0 Å². The van der Waals surface area contributed by atoms with Crippen LogP contribution in [0.15, 0.2) is 279 Å². The van der Waals surface area contributed by atoms with Crippen LogP contribution in [0.3, 0.4) is 0 Å². The highest BCUT2D eigenvalue weighted by Gasteiger charge is 2.41. The minimum absolute atomic E-state index is 1.09. The van der Waals surface area contributed by atoms with Crippen molar-refractivity contribution in [2.45, 2.75) is 0 Å². The van der Waals surface area contributed by atoms with Crippen LogP contribution in [0.4, 0.5) is 17.1 Å². The maximum atomic E-state index is 2.46. The van der Waals surface area contributed by atoms with Crippen molar-refractivity contribution in [2.24, 2.45) is 0 Å². The Labute approximate surface area is 392 Å². The summed E-state index contributed by atoms with van der Waals surface area (Å²) in [5.74, 6) is 0. The monoisotopic (exact) mass is 870 g/mol. The van der Waals surface area contributed by atoms with Gasteiger partial charge < -0.3 is 9.47 Å². The lowest BCUT2D eigenvalue weighted by atomic mass is 9.96. The quantitative estimate of drug-likeness (QED) is 0.0982. The molecular weight excluding hydrogens is 825 g/mol. The van der Waals surface area contributed by atoms with Gasteiger partial charge in [0.2, 0.25) is 0 Å². The van der Waals surface area contributed by atoms with Gasteiger partial charge in [-0.15, -0.1) is 0 Å². The van der Waals surface area contributed by atoms with E-state index in [1.165, 1.54) is 70.1 Å². The van der Waals surface area contributed by atoms with E-state index in [4.69, 9.17) is 0 Å². The predicted molar refractivity (Wildman–Crippen MR) is 287 cm³/mol. The maximum Gasteiger partial charge on any atom is 0.179 e. The van der Waals surface area contributed by atoms with Crippen LogP contribution < -0.4 is 25.6 Å². The largest absolute Gasteiger partial charge is 0.310 e. The lowest BCUT2D eigenvalue weighted by molar-refractivity contribution is 1.18. The summed E-state index contributed by atoms with van der Waals surface area (Å²) in [5, 5.41) is 10.4. The van der Waals surface area contributed by atoms with Gasteiger partial charge in [0.05, 0.1) is 16.7 Å². The Balaban J connectivity index is 1.02. The lowest BCUT2D eigenvalue weighted by Gasteiger charge is -2.35. The van der Waals surface area contributed by atoms with E-state index in [1.54, 1.807) is 0 Å². The predicted octanol–water partition coefficient (Wildman–Crippen LogP) is 14.1. The fourth-order valence-electron chi connectivity index (χ4n) is 10.5. The van der Waals surface area contributed by atoms with Crippen LogP contribution in [0.2, 0.25) is 0 Å². The summed E-state index contributed by atoms with van der Waals surface area (Å²) < 4.78 is 2.40. The number of anilines is 3. The first-order chi connectivity index (χ1) is 33.3. The topological polar surface area (TPSA) is 8.17 Å². The fourth-order valence-corrected chi connectivity index (χ4v) is 15.3. The van der Waals surface area contributed by atoms with Crippen molar-refractivity contribution in [2.75, 3.05) is 4.90 Å². The van der Waals surface area contributed by atoms with Crippen molar-refractivity contribution in [3.63, 3.8) is 0 Å². The molecule has 0 bridgehead atoms. The van der Waals surface area contributed by atoms with Gasteiger partial charge in [-0.2, -0.15) is 0 Å². The smallest absolute Gasteiger partial charge is 0.179 e. The standard InChI is InChI=1S/C64H46N2Si/c1-5-21-51(22-6-1)66-61-32-16-15-30-60(61)64-62(33-18-34-63(64)66)65(52-41-39-48(40-42-52)47-35-37-50(38-36-47)59-31-17-20-49-19-13-14-29-58(49)59)53-43-45-57(46-44-53)67(54-23-7-2-8-24-54,55-25-9-3-10-26-55)56-27-11-4-12-28-56/h1-46H. The van der Waals surface area contributed by atoms with Crippen LogP contribution in [0.5, 0.6) is 0 Å². The summed E-state index contributed by atoms with van der Waals surface area (Å²) in [6, 6.07) is 103. The van der Waals surface area contributed by atoms with E-state index in [2.05, 4.69) is 289 Å². The molecule has 12 rings (SSSR count). The van der Waals surface area contributed by atoms with E-state index in [0.717, 1.165) is 28.3 Å². The first-order valence-electron chi connectivity index (χ1n) is 23.1. The molecule has 11 aromatic carbocycles. The molecule has 0 radical (unpaired) electrons. The Kier molecular flexibility index (Phi) is 10.2. The zero-order valence-corrected chi connectivity index (χ0v) is 38.0. The molecule has 0 aliphatic heterocycles. The zero-order chi connectivity index (χ0) is 44.6. The first-order valence-corrected chi connectivity index (χ1v) is 25.1. The summed E-state index contributed by atoms with van der Waals surface area (Å²) in [5.41, 5.74) is 11.6. The summed E-state index contributed by atoms with van der Waals surface area (Å²) in [7, 11) is -2.74. The molecule has 2 nitrogen and oxygen atoms in total. The number of hydrogen-bond donors (Lipinski definition) is 0. The second-order valence-corrected chi connectivity index (χ2v) is 21.1. The molecule has 1 heterocycles. The Morgan fingerprint density at radius 3 is 1.34 bits per heavy atom. The van der Waals surface area contributed by atoms with Crippen LogP contribution in [0, 0.1) is 0 Å². The van der Waals surface area contributed by atoms with Crippen LogP contribution in [0.25, 0.3) is 60.5 Å². The molecule has 0 aliphatic carbocycles. The molecule has 0 amide bonds. The van der Waals surface area contributed by atoms with Gasteiger partial charge in [0.15, 0.2) is 8.07 Å². The summed E-state index contributed by atoms with van der Waals surface area (Å²) in [6.45, 7) is 0. The molecule has 316 valence electrons. The third kappa shape index (κ3) is 6.96. The minimum Gasteiger partial charge on any atom is -0.310 e. The van der Waals surface area contributed by atoms with Gasteiger partial charge in [-0.05, 0) is 108 Å². The zero-order valence-electron chi connectivity index (χ0n) is 37.0. The molecule has 1 aromatic heterocycles. The number of fused-ring (bicyclic) bond motifs is 4. The molecule has 0 unspecified atom stereocenters. The Morgan fingerprint density at radius 1 is 0.299 bits per heavy atom. The number of aromatic nitrogens is 1. The molecule has 67 heavy (non-hydrogen) atoms. The molecule has 12 aromatic rings. The second kappa shape index (κ2) is 17.1. The third-order valence-electron chi connectivity index (χ3n) is 13.6. The van der Waals surface area contributed by atoms with Crippen LogP contribution >= 0.6 is 0 Å². The maximum absolute atomic E-state index is 2.74. The van der Waals surface area contributed by atoms with Crippen LogP contribution in [-0.2, 0) is 0 Å². The summed E-state index contributed by atoms with van der Waals surface area (Å²) in [4.78, 5) is 2.46. The SMILES string of the molecule is c1ccc(-n2c3ccccc3c3c(N(c4ccc(-c5ccc(-c6cccc7ccccc67)cc5)cc4)c4ccc([Si](c5ccccc5)(c5ccccc5)c5ccccc5)cc4)cccc32)cc1. The molecule has 0 aliphatic rings. The molecule has 0 saturated carbocycles. The minimum atomic E-state index is -2.74. The van der Waals surface area contributed by atoms with Crippen molar-refractivity contribution in [3.05, 3.63) is 279 Å². The van der Waals surface area contributed by atoms with Gasteiger partial charge in [-0.3, -0.25) is 0 Å². The summed E-state index contributed by atoms with van der Waals surface area (Å²) in [6.07, 6.45) is 0. The van der Waals surface area contributed by atoms with Crippen molar-refractivity contribution in [1.82, 2.24) is 4.57 Å². The third-order valence-corrected chi connectivity index (χ3v) is 18.4. The van der Waals surface area contributed by atoms with E-state index < -0.39 is 8.07 Å². The number of hydrogen-bond acceptors (Lipinski definition) is 1. The number of benzene rings is 11. The molecule has 3 heteroatoms. The van der Waals surface area contributed by atoms with Crippen LogP contribution in [-0.4, -0.2) is 12.6 Å². The highest BCUT2D eigenvalue weighted by Crippen LogP contribution is 2.44. The highest BCUT2D eigenvalue weighted by molar-refractivity contribution is 7.19. The van der Waals surface area contributed by atoms with Crippen molar-refractivity contribution in [1.29, 1.82) is 0 Å². The molecule has 0 N–H and O–H groups in total. The summed E-state index contributed by atoms with van der Waals surface area (Å²) >= 11 is 0. The van der Waals surface area contributed by atoms with Gasteiger partial charge in [0.25, 0.3) is 0 Å². The van der Waals surface area contributed by atoms with E-state index >= 15 is 0 Å². The van der Waals surface area contributed by atoms with Crippen molar-refractivity contribution >= 4 is 78.5 Å². The number of nitrogens with zero attached hydrogens (tertiary/aromatic N) is 2. The van der Waals surface area contributed by atoms with E-state index in [9.17, 15) is 0 Å². The average molecular weight is 871 g/mol. The second-order valence-electron chi connectivity index (χ2n) is 17.2. The van der Waals surface area contributed by atoms with E-state index in [1.807, 2.05) is 0 Å². The van der Waals surface area contributed by atoms with E-state index in [-0.39, 0.29) is 0 Å². The van der Waals surface area contributed by atoms with E-state index in [0.29, 0.717) is 0 Å². The molecule has 0 atom stereocenters. The Hall–Kier alpha value is -8.50. The Morgan fingerprint density at radius 2 is 0.731 bits per heavy atom. The number of rotatable bonds is 10. The highest BCUT2D eigenvalue weighted by atomic mass is 28.3. The van der Waals surface area contributed by atoms with Gasteiger partial charge >= 0.3 is 0 Å². The van der Waals surface area contributed by atoms with Gasteiger partial charge in [0, 0.05) is 27.8 Å². The number of para-hydroxylation sites is 2. The van der Waals surface area contributed by atoms with Gasteiger partial charge in [-0.25, -0.2) is 0 Å². The van der Waals surface area contributed by atoms with Crippen molar-refractivity contribution in [3.8, 4) is 27.9 Å². The average Bonchev–Trinajstić information content (AvgIpc) is 3.76. The lowest BCUT2D eigenvalue weighted by Crippen LogP contribution is -2.74. The molecule has 0 fully saturated rings. The molecular formula is C64H46N2Si. The van der Waals surface area contributed by atoms with Gasteiger partial charge in [-0.1, -0.05) is 224 Å². The molecule has 0 saturated heterocycles. The Bertz CT molecular complexity index is 3540. The normalized spacial score (nSPS) is 11.6. The fraction of sp³-hybridized carbons (Fsp3) is 0. The van der Waals surface area contributed by atoms with Crippen LogP contribution in [0.1, 0.15) is 0 Å².